The van der Waals surface area contributed by atoms with Gasteiger partial charge in [0.1, 0.15) is 0 Å². The van der Waals surface area contributed by atoms with Crippen LogP contribution in [0.4, 0.5) is 0 Å². The van der Waals surface area contributed by atoms with E-state index in [4.69, 9.17) is 9.47 Å². The van der Waals surface area contributed by atoms with Crippen LogP contribution in [0.2, 0.25) is 0 Å². The highest BCUT2D eigenvalue weighted by atomic mass is 32.1. The molecule has 2 aliphatic rings. The quantitative estimate of drug-likeness (QED) is 0.785. The third kappa shape index (κ3) is 4.89. The molecule has 1 N–H and O–H groups in total. The van der Waals surface area contributed by atoms with Gasteiger partial charge in [-0.15, -0.1) is 11.3 Å². The van der Waals surface area contributed by atoms with E-state index in [9.17, 15) is 9.59 Å². The normalized spacial score (nSPS) is 17.2. The lowest BCUT2D eigenvalue weighted by Gasteiger charge is -2.35. The Kier molecular flexibility index (Phi) is 6.01. The van der Waals surface area contributed by atoms with E-state index in [2.05, 4.69) is 16.3 Å². The van der Waals surface area contributed by atoms with Crippen molar-refractivity contribution in [3.8, 4) is 11.5 Å². The number of carbonyl (C=O) groups is 2. The zero-order valence-electron chi connectivity index (χ0n) is 16.4. The van der Waals surface area contributed by atoms with E-state index in [-0.39, 0.29) is 24.6 Å². The number of nitrogens with zero attached hydrogens (tertiary/aromatic N) is 2. The number of nitrogens with one attached hydrogen (secondary N) is 1. The molecule has 0 spiro atoms. The molecule has 1 aromatic carbocycles. The third-order valence-electron chi connectivity index (χ3n) is 5.21. The first-order valence-corrected chi connectivity index (χ1v) is 10.7. The van der Waals surface area contributed by atoms with Gasteiger partial charge in [-0.1, -0.05) is 12.1 Å². The standard InChI is InChI=1S/C21H25N3O4S/c1-15(25)22-17(20-3-2-10-29-20)12-21(26)24-8-6-23(7-9-24)13-16-4-5-18-19(11-16)28-14-27-18/h2-5,10-11,17H,6-9,12-14H2,1H3,(H,22,25). The molecule has 0 bridgehead atoms. The summed E-state index contributed by atoms with van der Waals surface area (Å²) in [6.07, 6.45) is 0.294. The van der Waals surface area contributed by atoms with Crippen LogP contribution < -0.4 is 14.8 Å². The minimum Gasteiger partial charge on any atom is -0.454 e. The summed E-state index contributed by atoms with van der Waals surface area (Å²) >= 11 is 1.56. The van der Waals surface area contributed by atoms with Crippen LogP contribution in [0.5, 0.6) is 11.5 Å². The van der Waals surface area contributed by atoms with Gasteiger partial charge in [0, 0.05) is 44.5 Å². The molecule has 2 aromatic rings. The number of fused-ring (bicyclic) bond motifs is 1. The number of benzene rings is 1. The number of ether oxygens (including phenoxy) is 2. The van der Waals surface area contributed by atoms with Gasteiger partial charge < -0.3 is 19.7 Å². The number of amides is 2. The van der Waals surface area contributed by atoms with E-state index in [0.717, 1.165) is 36.0 Å². The molecule has 2 aliphatic heterocycles. The molecule has 1 unspecified atom stereocenters. The van der Waals surface area contributed by atoms with Gasteiger partial charge in [-0.25, -0.2) is 0 Å². The van der Waals surface area contributed by atoms with Crippen LogP contribution in [-0.4, -0.2) is 54.6 Å². The second kappa shape index (κ2) is 8.84. The predicted molar refractivity (Wildman–Crippen MR) is 110 cm³/mol. The van der Waals surface area contributed by atoms with Gasteiger partial charge in [0.15, 0.2) is 11.5 Å². The number of thiophene rings is 1. The first-order valence-electron chi connectivity index (χ1n) is 9.77. The Bertz CT molecular complexity index is 863. The summed E-state index contributed by atoms with van der Waals surface area (Å²) < 4.78 is 10.8. The third-order valence-corrected chi connectivity index (χ3v) is 6.20. The van der Waals surface area contributed by atoms with Crippen molar-refractivity contribution in [2.24, 2.45) is 0 Å². The highest BCUT2D eigenvalue weighted by molar-refractivity contribution is 7.10. The van der Waals surface area contributed by atoms with Crippen LogP contribution in [0, 0.1) is 0 Å². The molecular weight excluding hydrogens is 390 g/mol. The molecule has 2 amide bonds. The Balaban J connectivity index is 1.29. The fourth-order valence-corrected chi connectivity index (χ4v) is 4.49. The fourth-order valence-electron chi connectivity index (χ4n) is 3.71. The molecule has 1 fully saturated rings. The first kappa shape index (κ1) is 19.7. The lowest BCUT2D eigenvalue weighted by molar-refractivity contribution is -0.133. The Morgan fingerprint density at radius 3 is 2.66 bits per heavy atom. The van der Waals surface area contributed by atoms with E-state index in [0.29, 0.717) is 19.5 Å². The number of hydrogen-bond acceptors (Lipinski definition) is 6. The molecule has 29 heavy (non-hydrogen) atoms. The second-order valence-electron chi connectivity index (χ2n) is 7.32. The van der Waals surface area contributed by atoms with Gasteiger partial charge in [0.25, 0.3) is 0 Å². The maximum atomic E-state index is 12.8. The summed E-state index contributed by atoms with van der Waals surface area (Å²) in [7, 11) is 0. The van der Waals surface area contributed by atoms with Crippen LogP contribution in [-0.2, 0) is 16.1 Å². The Morgan fingerprint density at radius 1 is 1.14 bits per heavy atom. The van der Waals surface area contributed by atoms with Crippen molar-refractivity contribution in [1.29, 1.82) is 0 Å². The highest BCUT2D eigenvalue weighted by Crippen LogP contribution is 2.33. The van der Waals surface area contributed by atoms with Crippen molar-refractivity contribution < 1.29 is 19.1 Å². The molecule has 4 rings (SSSR count). The lowest BCUT2D eigenvalue weighted by Crippen LogP contribution is -2.49. The molecular formula is C21H25N3O4S. The van der Waals surface area contributed by atoms with Gasteiger partial charge in [0.05, 0.1) is 12.5 Å². The number of rotatable bonds is 6. The fraction of sp³-hybridized carbons (Fsp3) is 0.429. The van der Waals surface area contributed by atoms with Gasteiger partial charge in [-0.05, 0) is 29.1 Å². The van der Waals surface area contributed by atoms with Gasteiger partial charge >= 0.3 is 0 Å². The summed E-state index contributed by atoms with van der Waals surface area (Å²) in [6.45, 7) is 5.63. The second-order valence-corrected chi connectivity index (χ2v) is 8.30. The molecule has 8 heteroatoms. The molecule has 7 nitrogen and oxygen atoms in total. The molecule has 1 saturated heterocycles. The SMILES string of the molecule is CC(=O)NC(CC(=O)N1CCN(Cc2ccc3c(c2)OCO3)CC1)c1cccs1. The zero-order valence-corrected chi connectivity index (χ0v) is 17.2. The van der Waals surface area contributed by atoms with Crippen molar-refractivity contribution in [2.75, 3.05) is 33.0 Å². The minimum absolute atomic E-state index is 0.0832. The van der Waals surface area contributed by atoms with E-state index in [1.807, 2.05) is 34.5 Å². The number of hydrogen-bond donors (Lipinski definition) is 1. The van der Waals surface area contributed by atoms with Crippen LogP contribution in [0.15, 0.2) is 35.7 Å². The molecule has 0 aliphatic carbocycles. The average Bonchev–Trinajstić information content (AvgIpc) is 3.39. The maximum absolute atomic E-state index is 12.8. The van der Waals surface area contributed by atoms with Gasteiger partial charge in [-0.3, -0.25) is 14.5 Å². The van der Waals surface area contributed by atoms with Crippen molar-refractivity contribution in [2.45, 2.75) is 25.9 Å². The maximum Gasteiger partial charge on any atom is 0.231 e. The summed E-state index contributed by atoms with van der Waals surface area (Å²) in [5, 5.41) is 4.87. The smallest absolute Gasteiger partial charge is 0.231 e. The van der Waals surface area contributed by atoms with E-state index in [1.165, 1.54) is 12.5 Å². The predicted octanol–water partition coefficient (Wildman–Crippen LogP) is 2.39. The Hall–Kier alpha value is -2.58. The van der Waals surface area contributed by atoms with Crippen LogP contribution in [0.3, 0.4) is 0 Å². The van der Waals surface area contributed by atoms with E-state index >= 15 is 0 Å². The van der Waals surface area contributed by atoms with E-state index < -0.39 is 0 Å². The monoisotopic (exact) mass is 415 g/mol. The lowest BCUT2D eigenvalue weighted by atomic mass is 10.1. The molecule has 154 valence electrons. The van der Waals surface area contributed by atoms with Crippen molar-refractivity contribution in [3.05, 3.63) is 46.2 Å². The number of carbonyl (C=O) groups excluding carboxylic acids is 2. The molecule has 0 saturated carbocycles. The summed E-state index contributed by atoms with van der Waals surface area (Å²) in [5.41, 5.74) is 1.18. The van der Waals surface area contributed by atoms with Gasteiger partial charge in [-0.2, -0.15) is 0 Å². The molecule has 3 heterocycles. The summed E-state index contributed by atoms with van der Waals surface area (Å²) in [6, 6.07) is 9.68. The largest absolute Gasteiger partial charge is 0.454 e. The zero-order chi connectivity index (χ0) is 20.2. The Labute approximate surface area is 174 Å². The first-order chi connectivity index (χ1) is 14.1. The summed E-state index contributed by atoms with van der Waals surface area (Å²) in [4.78, 5) is 29.6. The summed E-state index contributed by atoms with van der Waals surface area (Å²) in [5.74, 6) is 1.56. The molecule has 1 atom stereocenters. The average molecular weight is 416 g/mol. The van der Waals surface area contributed by atoms with Crippen LogP contribution >= 0.6 is 11.3 Å². The molecule has 1 aromatic heterocycles. The minimum atomic E-state index is -0.258. The number of piperazine rings is 1. The van der Waals surface area contributed by atoms with Crippen molar-refractivity contribution in [1.82, 2.24) is 15.1 Å². The van der Waals surface area contributed by atoms with Crippen LogP contribution in [0.25, 0.3) is 0 Å². The van der Waals surface area contributed by atoms with Crippen molar-refractivity contribution in [3.63, 3.8) is 0 Å². The van der Waals surface area contributed by atoms with Crippen LogP contribution in [0.1, 0.15) is 29.8 Å². The highest BCUT2D eigenvalue weighted by Gasteiger charge is 2.25. The molecule has 0 radical (unpaired) electrons. The topological polar surface area (TPSA) is 71.1 Å². The Morgan fingerprint density at radius 2 is 1.93 bits per heavy atom. The van der Waals surface area contributed by atoms with E-state index in [1.54, 1.807) is 11.3 Å². The van der Waals surface area contributed by atoms with Gasteiger partial charge in [0.2, 0.25) is 18.6 Å². The van der Waals surface area contributed by atoms with Crippen molar-refractivity contribution >= 4 is 23.2 Å².